The molecule has 2 aromatic heterocycles. The molecule has 2 aromatic rings. The van der Waals surface area contributed by atoms with E-state index in [4.69, 9.17) is 24.7 Å². The standard InChI is InChI=1S/C17H28N5O5PSi/c1-17(2,3)29(4,5)27-12-8-11(6-7-28(23,24)25)26-16(12)22-10-21-13-14(18)19-9-20-15(13)22/h6-7,9-12,16H,8H2,1-5H3,(H2,18,19,20)(H2,23,24,25)/b7-6+/t11-,12?,16-/m1/s1. The summed E-state index contributed by atoms with van der Waals surface area (Å²) in [5.41, 5.74) is 6.88. The van der Waals surface area contributed by atoms with Crippen LogP contribution in [0.1, 0.15) is 33.4 Å². The highest BCUT2D eigenvalue weighted by molar-refractivity contribution is 7.55. The van der Waals surface area contributed by atoms with Crippen LogP contribution in [-0.2, 0) is 13.7 Å². The maximum absolute atomic E-state index is 11.2. The summed E-state index contributed by atoms with van der Waals surface area (Å²) < 4.78 is 25.7. The van der Waals surface area contributed by atoms with Crippen LogP contribution in [0.4, 0.5) is 5.82 Å². The van der Waals surface area contributed by atoms with E-state index in [2.05, 4.69) is 48.8 Å². The number of hydrogen-bond donors (Lipinski definition) is 3. The molecule has 160 valence electrons. The normalized spacial score (nSPS) is 24.0. The van der Waals surface area contributed by atoms with Crippen LogP contribution in [0.15, 0.2) is 24.5 Å². The topological polar surface area (TPSA) is 146 Å². The van der Waals surface area contributed by atoms with Crippen LogP contribution < -0.4 is 5.73 Å². The Morgan fingerprint density at radius 1 is 1.34 bits per heavy atom. The van der Waals surface area contributed by atoms with Crippen molar-refractivity contribution in [3.63, 3.8) is 0 Å². The van der Waals surface area contributed by atoms with Gasteiger partial charge in [-0.25, -0.2) is 15.0 Å². The Kier molecular flexibility index (Phi) is 5.76. The molecule has 0 aliphatic carbocycles. The second kappa shape index (κ2) is 7.57. The van der Waals surface area contributed by atoms with Gasteiger partial charge in [0, 0.05) is 12.2 Å². The van der Waals surface area contributed by atoms with Crippen LogP contribution in [0.2, 0.25) is 18.1 Å². The molecule has 1 aliphatic rings. The molecule has 0 bridgehead atoms. The molecule has 1 unspecified atom stereocenters. The molecular formula is C17H28N5O5PSi. The van der Waals surface area contributed by atoms with Crippen molar-refractivity contribution in [2.45, 2.75) is 63.8 Å². The average molecular weight is 442 g/mol. The number of hydrogen-bond acceptors (Lipinski definition) is 7. The summed E-state index contributed by atoms with van der Waals surface area (Å²) in [6.45, 7) is 10.7. The number of nitrogens with zero attached hydrogens (tertiary/aromatic N) is 4. The van der Waals surface area contributed by atoms with Gasteiger partial charge in [-0.15, -0.1) is 0 Å². The third-order valence-electron chi connectivity index (χ3n) is 5.51. The van der Waals surface area contributed by atoms with Crippen LogP contribution in [-0.4, -0.2) is 49.8 Å². The second-order valence-corrected chi connectivity index (χ2v) is 15.0. The first-order chi connectivity index (χ1) is 13.3. The minimum absolute atomic E-state index is 0.0129. The summed E-state index contributed by atoms with van der Waals surface area (Å²) in [7, 11) is -6.42. The van der Waals surface area contributed by atoms with Crippen molar-refractivity contribution in [1.29, 1.82) is 0 Å². The molecule has 1 saturated heterocycles. The van der Waals surface area contributed by atoms with E-state index >= 15 is 0 Å². The fraction of sp³-hybridized carbons (Fsp3) is 0.588. The van der Waals surface area contributed by atoms with Crippen molar-refractivity contribution in [3.05, 3.63) is 24.5 Å². The molecule has 29 heavy (non-hydrogen) atoms. The van der Waals surface area contributed by atoms with Crippen LogP contribution in [0.25, 0.3) is 11.2 Å². The Morgan fingerprint density at radius 2 is 2.03 bits per heavy atom. The van der Waals surface area contributed by atoms with Crippen molar-refractivity contribution in [1.82, 2.24) is 19.5 Å². The van der Waals surface area contributed by atoms with Gasteiger partial charge in [-0.2, -0.15) is 0 Å². The lowest BCUT2D eigenvalue weighted by atomic mass is 10.2. The molecule has 0 amide bonds. The summed E-state index contributed by atoms with van der Waals surface area (Å²) in [5, 5.41) is -0.0129. The highest BCUT2D eigenvalue weighted by Gasteiger charge is 2.45. The van der Waals surface area contributed by atoms with Gasteiger partial charge in [-0.1, -0.05) is 20.8 Å². The van der Waals surface area contributed by atoms with Crippen molar-refractivity contribution >= 4 is 32.9 Å². The van der Waals surface area contributed by atoms with Gasteiger partial charge in [0.25, 0.3) is 0 Å². The lowest BCUT2D eigenvalue weighted by molar-refractivity contribution is -0.0186. The Bertz CT molecular complexity index is 967. The lowest BCUT2D eigenvalue weighted by Gasteiger charge is -2.39. The van der Waals surface area contributed by atoms with Crippen LogP contribution >= 0.6 is 7.60 Å². The van der Waals surface area contributed by atoms with Crippen LogP contribution in [0, 0.1) is 0 Å². The third kappa shape index (κ3) is 4.76. The SMILES string of the molecule is CC(C)(C)[Si](C)(C)OC1C[C@@H](/C=C/P(=O)(O)O)O[C@H]1n1cnc2c(N)ncnc21. The average Bonchev–Trinajstić information content (AvgIpc) is 3.15. The quantitative estimate of drug-likeness (QED) is 0.471. The molecule has 3 rings (SSSR count). The Balaban J connectivity index is 1.97. The zero-order valence-electron chi connectivity index (χ0n) is 17.2. The van der Waals surface area contributed by atoms with Gasteiger partial charge in [0.05, 0.1) is 18.5 Å². The van der Waals surface area contributed by atoms with Gasteiger partial charge in [0.1, 0.15) is 11.8 Å². The number of nitrogen functional groups attached to an aromatic ring is 1. The van der Waals surface area contributed by atoms with E-state index in [9.17, 15) is 4.57 Å². The number of ether oxygens (including phenoxy) is 1. The largest absolute Gasteiger partial charge is 0.409 e. The highest BCUT2D eigenvalue weighted by Crippen LogP contribution is 2.43. The minimum atomic E-state index is -4.28. The number of anilines is 1. The third-order valence-corrected chi connectivity index (χ3v) is 10.6. The van der Waals surface area contributed by atoms with Gasteiger partial charge < -0.3 is 24.7 Å². The fourth-order valence-electron chi connectivity index (χ4n) is 2.96. The van der Waals surface area contributed by atoms with Crippen molar-refractivity contribution in [2.75, 3.05) is 5.73 Å². The van der Waals surface area contributed by atoms with Crippen molar-refractivity contribution < 1.29 is 23.5 Å². The summed E-state index contributed by atoms with van der Waals surface area (Å²) in [5.74, 6) is 1.14. The molecule has 0 radical (unpaired) electrons. The predicted octanol–water partition coefficient (Wildman–Crippen LogP) is 2.78. The first-order valence-corrected chi connectivity index (χ1v) is 13.9. The Hall–Kier alpha value is -1.62. The van der Waals surface area contributed by atoms with Gasteiger partial charge in [0.15, 0.2) is 26.0 Å². The van der Waals surface area contributed by atoms with E-state index in [0.717, 1.165) is 5.82 Å². The van der Waals surface area contributed by atoms with E-state index in [-0.39, 0.29) is 17.0 Å². The molecule has 3 heterocycles. The van der Waals surface area contributed by atoms with Crippen molar-refractivity contribution in [2.24, 2.45) is 0 Å². The van der Waals surface area contributed by atoms with Gasteiger partial charge in [0.2, 0.25) is 0 Å². The summed E-state index contributed by atoms with van der Waals surface area (Å²) >= 11 is 0. The van der Waals surface area contributed by atoms with Gasteiger partial charge >= 0.3 is 7.60 Å². The maximum Gasteiger partial charge on any atom is 0.348 e. The van der Waals surface area contributed by atoms with E-state index in [1.165, 1.54) is 12.4 Å². The molecule has 0 saturated carbocycles. The van der Waals surface area contributed by atoms with E-state index in [0.29, 0.717) is 17.6 Å². The first kappa shape index (κ1) is 22.1. The van der Waals surface area contributed by atoms with Crippen LogP contribution in [0.3, 0.4) is 0 Å². The molecule has 0 aromatic carbocycles. The lowest BCUT2D eigenvalue weighted by Crippen LogP contribution is -2.45. The predicted molar refractivity (Wildman–Crippen MR) is 112 cm³/mol. The maximum atomic E-state index is 11.2. The zero-order chi connectivity index (χ0) is 21.6. The minimum Gasteiger partial charge on any atom is -0.409 e. The molecular weight excluding hydrogens is 413 g/mol. The summed E-state index contributed by atoms with van der Waals surface area (Å²) in [4.78, 5) is 30.8. The smallest absolute Gasteiger partial charge is 0.348 e. The molecule has 1 aliphatic heterocycles. The molecule has 10 nitrogen and oxygen atoms in total. The van der Waals surface area contributed by atoms with E-state index < -0.39 is 28.2 Å². The highest BCUT2D eigenvalue weighted by atomic mass is 31.2. The second-order valence-electron chi connectivity index (χ2n) is 8.73. The molecule has 0 spiro atoms. The molecule has 4 N–H and O–H groups in total. The number of imidazole rings is 1. The Morgan fingerprint density at radius 3 is 2.66 bits per heavy atom. The first-order valence-electron chi connectivity index (χ1n) is 9.29. The Labute approximate surface area is 170 Å². The van der Waals surface area contributed by atoms with Crippen molar-refractivity contribution in [3.8, 4) is 0 Å². The van der Waals surface area contributed by atoms with E-state index in [1.54, 1.807) is 10.9 Å². The molecule has 1 fully saturated rings. The monoisotopic (exact) mass is 441 g/mol. The van der Waals surface area contributed by atoms with Crippen LogP contribution in [0.5, 0.6) is 0 Å². The number of fused-ring (bicyclic) bond motifs is 1. The fourth-order valence-corrected chi connectivity index (χ4v) is 4.70. The summed E-state index contributed by atoms with van der Waals surface area (Å²) in [6, 6.07) is 0. The number of rotatable bonds is 5. The molecule has 3 atom stereocenters. The van der Waals surface area contributed by atoms with Gasteiger partial charge in [-0.3, -0.25) is 9.13 Å². The number of nitrogens with two attached hydrogens (primary N) is 1. The van der Waals surface area contributed by atoms with E-state index in [1.807, 2.05) is 0 Å². The summed E-state index contributed by atoms with van der Waals surface area (Å²) in [6.07, 6.45) is 3.38. The zero-order valence-corrected chi connectivity index (χ0v) is 19.1. The molecule has 12 heteroatoms. The number of aromatic nitrogens is 4. The van der Waals surface area contributed by atoms with Gasteiger partial charge in [-0.05, 0) is 24.2 Å².